The van der Waals surface area contributed by atoms with E-state index in [1.54, 1.807) is 0 Å². The Morgan fingerprint density at radius 2 is 2.05 bits per heavy atom. The highest BCUT2D eigenvalue weighted by Crippen LogP contribution is 2.28. The molecule has 1 heterocycles. The van der Waals surface area contributed by atoms with Crippen LogP contribution in [0.4, 0.5) is 5.82 Å². The largest absolute Gasteiger partial charge is 0.367 e. The van der Waals surface area contributed by atoms with Gasteiger partial charge in [-0.25, -0.2) is 9.97 Å². The van der Waals surface area contributed by atoms with Gasteiger partial charge >= 0.3 is 0 Å². The fraction of sp³-hybridized carbons (Fsp3) is 0.714. The summed E-state index contributed by atoms with van der Waals surface area (Å²) in [6, 6.07) is 2.37. The molecule has 0 radical (unpaired) electrons. The molecule has 1 aliphatic carbocycles. The van der Waals surface area contributed by atoms with Gasteiger partial charge in [0.25, 0.3) is 0 Å². The third kappa shape index (κ3) is 4.53. The number of halogens is 1. The Bertz CT molecular complexity index is 406. The fourth-order valence-corrected chi connectivity index (χ4v) is 3.47. The first kappa shape index (κ1) is 14.9. The van der Waals surface area contributed by atoms with E-state index in [-0.39, 0.29) is 0 Å². The topological polar surface area (TPSA) is 37.8 Å². The molecule has 0 aromatic carbocycles. The zero-order valence-corrected chi connectivity index (χ0v) is 13.2. The van der Waals surface area contributed by atoms with Gasteiger partial charge in [-0.1, -0.05) is 18.5 Å². The molecule has 5 heteroatoms. The van der Waals surface area contributed by atoms with E-state index in [9.17, 15) is 0 Å². The van der Waals surface area contributed by atoms with Gasteiger partial charge in [-0.05, 0) is 38.4 Å². The van der Waals surface area contributed by atoms with Crippen LogP contribution in [-0.4, -0.2) is 27.5 Å². The van der Waals surface area contributed by atoms with Gasteiger partial charge in [0.15, 0.2) is 0 Å². The van der Waals surface area contributed by atoms with E-state index in [4.69, 9.17) is 11.6 Å². The number of hydrogen-bond donors (Lipinski definition) is 1. The molecule has 1 N–H and O–H groups in total. The van der Waals surface area contributed by atoms with Crippen LogP contribution in [-0.2, 0) is 6.42 Å². The lowest BCUT2D eigenvalue weighted by Crippen LogP contribution is -2.27. The minimum atomic E-state index is 0.531. The number of aryl methyl sites for hydroxylation is 1. The van der Waals surface area contributed by atoms with E-state index in [2.05, 4.69) is 28.5 Å². The second-order valence-corrected chi connectivity index (χ2v) is 6.62. The average molecular weight is 300 g/mol. The lowest BCUT2D eigenvalue weighted by atomic mass is 9.95. The molecule has 0 spiro atoms. The number of nitrogens with zero attached hydrogens (tertiary/aromatic N) is 2. The normalized spacial score (nSPS) is 23.3. The van der Waals surface area contributed by atoms with Crippen molar-refractivity contribution in [2.24, 2.45) is 0 Å². The SMILES string of the molecule is CCCc1nc(Cl)cc(NC2CCC(SC)CC2)n1. The second kappa shape index (κ2) is 7.34. The molecule has 1 fully saturated rings. The second-order valence-electron chi connectivity index (χ2n) is 5.10. The highest BCUT2D eigenvalue weighted by atomic mass is 35.5. The Kier molecular flexibility index (Phi) is 5.76. The van der Waals surface area contributed by atoms with Crippen LogP contribution in [0, 0.1) is 0 Å². The highest BCUT2D eigenvalue weighted by molar-refractivity contribution is 7.99. The predicted octanol–water partition coefficient (Wildman–Crippen LogP) is 4.17. The molecular formula is C14H22ClN3S. The first-order valence-electron chi connectivity index (χ1n) is 7.04. The Labute approximate surface area is 124 Å². The van der Waals surface area contributed by atoms with Crippen molar-refractivity contribution in [2.75, 3.05) is 11.6 Å². The standard InChI is InChI=1S/C14H22ClN3S/c1-3-4-13-17-12(15)9-14(18-13)16-10-5-7-11(19-2)8-6-10/h9-11H,3-8H2,1-2H3,(H,16,17,18). The number of nitrogens with one attached hydrogen (secondary N) is 1. The van der Waals surface area contributed by atoms with Crippen molar-refractivity contribution < 1.29 is 0 Å². The molecule has 0 unspecified atom stereocenters. The van der Waals surface area contributed by atoms with Crippen molar-refractivity contribution in [1.29, 1.82) is 0 Å². The molecule has 3 nitrogen and oxygen atoms in total. The predicted molar refractivity (Wildman–Crippen MR) is 84.2 cm³/mol. The van der Waals surface area contributed by atoms with Crippen LogP contribution in [0.25, 0.3) is 0 Å². The molecule has 0 bridgehead atoms. The quantitative estimate of drug-likeness (QED) is 0.828. The monoisotopic (exact) mass is 299 g/mol. The van der Waals surface area contributed by atoms with Crippen LogP contribution in [0.2, 0.25) is 5.15 Å². The van der Waals surface area contributed by atoms with Gasteiger partial charge in [0.2, 0.25) is 0 Å². The number of thioether (sulfide) groups is 1. The van der Waals surface area contributed by atoms with Gasteiger partial charge in [-0.3, -0.25) is 0 Å². The lowest BCUT2D eigenvalue weighted by molar-refractivity contribution is 0.472. The van der Waals surface area contributed by atoms with E-state index in [1.807, 2.05) is 17.8 Å². The summed E-state index contributed by atoms with van der Waals surface area (Å²) in [7, 11) is 0. The van der Waals surface area contributed by atoms with Crippen molar-refractivity contribution in [3.05, 3.63) is 17.0 Å². The van der Waals surface area contributed by atoms with Gasteiger partial charge in [-0.15, -0.1) is 0 Å². The summed E-state index contributed by atoms with van der Waals surface area (Å²) in [5, 5.41) is 4.90. The number of rotatable bonds is 5. The van der Waals surface area contributed by atoms with E-state index >= 15 is 0 Å². The third-order valence-electron chi connectivity index (χ3n) is 3.57. The summed E-state index contributed by atoms with van der Waals surface area (Å²) in [5.74, 6) is 1.73. The summed E-state index contributed by atoms with van der Waals surface area (Å²) in [4.78, 5) is 8.80. The minimum absolute atomic E-state index is 0.531. The summed E-state index contributed by atoms with van der Waals surface area (Å²) in [6.45, 7) is 2.13. The molecule has 0 saturated heterocycles. The maximum atomic E-state index is 6.05. The van der Waals surface area contributed by atoms with E-state index in [1.165, 1.54) is 25.7 Å². The van der Waals surface area contributed by atoms with Gasteiger partial charge < -0.3 is 5.32 Å². The number of aromatic nitrogens is 2. The van der Waals surface area contributed by atoms with Gasteiger partial charge in [-0.2, -0.15) is 11.8 Å². The smallest absolute Gasteiger partial charge is 0.134 e. The van der Waals surface area contributed by atoms with Crippen molar-refractivity contribution in [3.8, 4) is 0 Å². The van der Waals surface area contributed by atoms with Gasteiger partial charge in [0.05, 0.1) is 0 Å². The molecular weight excluding hydrogens is 278 g/mol. The minimum Gasteiger partial charge on any atom is -0.367 e. The Balaban J connectivity index is 1.95. The molecule has 19 heavy (non-hydrogen) atoms. The average Bonchev–Trinajstić information content (AvgIpc) is 2.39. The van der Waals surface area contributed by atoms with Crippen LogP contribution in [0.3, 0.4) is 0 Å². The van der Waals surface area contributed by atoms with E-state index < -0.39 is 0 Å². The zero-order valence-electron chi connectivity index (χ0n) is 11.7. The summed E-state index contributed by atoms with van der Waals surface area (Å²) in [6.07, 6.45) is 9.15. The third-order valence-corrected chi connectivity index (χ3v) is 4.91. The highest BCUT2D eigenvalue weighted by Gasteiger charge is 2.20. The van der Waals surface area contributed by atoms with Crippen molar-refractivity contribution in [3.63, 3.8) is 0 Å². The molecule has 0 aliphatic heterocycles. The van der Waals surface area contributed by atoms with Crippen LogP contribution >= 0.6 is 23.4 Å². The van der Waals surface area contributed by atoms with Gasteiger partial charge in [0, 0.05) is 23.8 Å². The molecule has 2 rings (SSSR count). The molecule has 0 amide bonds. The van der Waals surface area contributed by atoms with Crippen molar-refractivity contribution in [1.82, 2.24) is 9.97 Å². The first-order valence-corrected chi connectivity index (χ1v) is 8.70. The summed E-state index contributed by atoms with van der Waals surface area (Å²) < 4.78 is 0. The lowest BCUT2D eigenvalue weighted by Gasteiger charge is -2.28. The first-order chi connectivity index (χ1) is 9.21. The van der Waals surface area contributed by atoms with Crippen LogP contribution in [0.5, 0.6) is 0 Å². The number of anilines is 1. The summed E-state index contributed by atoms with van der Waals surface area (Å²) in [5.41, 5.74) is 0. The molecule has 0 atom stereocenters. The molecule has 1 saturated carbocycles. The maximum absolute atomic E-state index is 6.05. The fourth-order valence-electron chi connectivity index (χ4n) is 2.53. The molecule has 1 aromatic rings. The number of hydrogen-bond acceptors (Lipinski definition) is 4. The van der Waals surface area contributed by atoms with E-state index in [0.717, 1.165) is 29.7 Å². The Hall–Kier alpha value is -0.480. The van der Waals surface area contributed by atoms with Crippen LogP contribution in [0.15, 0.2) is 6.07 Å². The van der Waals surface area contributed by atoms with Gasteiger partial charge in [0.1, 0.15) is 16.8 Å². The van der Waals surface area contributed by atoms with Crippen LogP contribution < -0.4 is 5.32 Å². The van der Waals surface area contributed by atoms with Crippen LogP contribution in [0.1, 0.15) is 44.9 Å². The Morgan fingerprint density at radius 1 is 1.32 bits per heavy atom. The maximum Gasteiger partial charge on any atom is 0.134 e. The Morgan fingerprint density at radius 3 is 2.68 bits per heavy atom. The zero-order chi connectivity index (χ0) is 13.7. The summed E-state index contributed by atoms with van der Waals surface area (Å²) >= 11 is 8.05. The molecule has 106 valence electrons. The van der Waals surface area contributed by atoms with Crippen molar-refractivity contribution >= 4 is 29.2 Å². The van der Waals surface area contributed by atoms with E-state index in [0.29, 0.717) is 11.2 Å². The molecule has 1 aromatic heterocycles. The molecule has 1 aliphatic rings. The van der Waals surface area contributed by atoms with Crippen molar-refractivity contribution in [2.45, 2.75) is 56.7 Å².